The number of H-pyrrole nitrogens is 1. The Balaban J connectivity index is 1.49. The summed E-state index contributed by atoms with van der Waals surface area (Å²) < 4.78 is 1.83. The lowest BCUT2D eigenvalue weighted by atomic mass is 10.1. The predicted octanol–water partition coefficient (Wildman–Crippen LogP) is 4.32. The van der Waals surface area contributed by atoms with Crippen molar-refractivity contribution in [3.05, 3.63) is 82.4 Å². The van der Waals surface area contributed by atoms with Gasteiger partial charge in [-0.3, -0.25) is 5.10 Å². The highest BCUT2D eigenvalue weighted by atomic mass is 15.4. The van der Waals surface area contributed by atoms with Crippen LogP contribution in [0.5, 0.6) is 0 Å². The van der Waals surface area contributed by atoms with Crippen LogP contribution in [-0.2, 0) is 19.4 Å². The average molecular weight is 412 g/mol. The minimum absolute atomic E-state index is 0.670. The van der Waals surface area contributed by atoms with Crippen LogP contribution in [0.3, 0.4) is 0 Å². The standard InChI is InChI=1S/C24H25N7/c1-15-8-10-18(11-9-15)14-25-24-26-21-7-5-4-6-20(21)23-27-22(30-31(23)24)13-12-19-16(2)28-29-17(19)3/h4-11H,12-14H2,1-3H3,(H,25,26)(H,28,29). The number of hydrogen-bond acceptors (Lipinski definition) is 5. The zero-order chi connectivity index (χ0) is 21.4. The first-order valence-electron chi connectivity index (χ1n) is 10.5. The Kier molecular flexibility index (Phi) is 4.86. The number of aromatic nitrogens is 6. The molecule has 2 aromatic carbocycles. The first-order chi connectivity index (χ1) is 15.1. The van der Waals surface area contributed by atoms with E-state index in [0.717, 1.165) is 46.6 Å². The second-order valence-electron chi connectivity index (χ2n) is 7.97. The number of benzene rings is 2. The van der Waals surface area contributed by atoms with E-state index in [2.05, 4.69) is 53.6 Å². The van der Waals surface area contributed by atoms with Crippen LogP contribution in [0, 0.1) is 20.8 Å². The molecule has 2 N–H and O–H groups in total. The fourth-order valence-corrected chi connectivity index (χ4v) is 3.89. The first kappa shape index (κ1) is 19.2. The highest BCUT2D eigenvalue weighted by molar-refractivity contribution is 5.92. The topological polar surface area (TPSA) is 83.8 Å². The molecule has 0 aliphatic carbocycles. The minimum atomic E-state index is 0.670. The maximum absolute atomic E-state index is 4.87. The molecule has 0 saturated heterocycles. The summed E-state index contributed by atoms with van der Waals surface area (Å²) >= 11 is 0. The van der Waals surface area contributed by atoms with Crippen LogP contribution in [0.15, 0.2) is 48.5 Å². The normalized spacial score (nSPS) is 11.5. The van der Waals surface area contributed by atoms with Crippen molar-refractivity contribution in [2.24, 2.45) is 0 Å². The SMILES string of the molecule is Cc1ccc(CNc2nc3ccccc3c3nc(CCc4c(C)n[nH]c4C)nn23)cc1. The summed E-state index contributed by atoms with van der Waals surface area (Å²) in [5.41, 5.74) is 7.55. The van der Waals surface area contributed by atoms with E-state index in [1.54, 1.807) is 0 Å². The Morgan fingerprint density at radius 3 is 2.52 bits per heavy atom. The molecule has 0 saturated carbocycles. The molecule has 0 atom stereocenters. The zero-order valence-corrected chi connectivity index (χ0v) is 18.0. The number of anilines is 1. The Morgan fingerprint density at radius 1 is 0.935 bits per heavy atom. The Hall–Kier alpha value is -3.74. The van der Waals surface area contributed by atoms with Gasteiger partial charge in [0.25, 0.3) is 0 Å². The van der Waals surface area contributed by atoms with Gasteiger partial charge in [-0.25, -0.2) is 9.97 Å². The largest absolute Gasteiger partial charge is 0.350 e. The van der Waals surface area contributed by atoms with Crippen molar-refractivity contribution in [1.29, 1.82) is 0 Å². The lowest BCUT2D eigenvalue weighted by molar-refractivity contribution is 0.823. The zero-order valence-electron chi connectivity index (χ0n) is 18.0. The highest BCUT2D eigenvalue weighted by Crippen LogP contribution is 2.22. The quantitative estimate of drug-likeness (QED) is 0.435. The summed E-state index contributed by atoms with van der Waals surface area (Å²) in [5.74, 6) is 1.50. The summed E-state index contributed by atoms with van der Waals surface area (Å²) in [6.45, 7) is 6.84. The molecule has 0 fully saturated rings. The maximum atomic E-state index is 4.87. The second kappa shape index (κ2) is 7.83. The Bertz CT molecular complexity index is 1340. The van der Waals surface area contributed by atoms with Crippen molar-refractivity contribution in [1.82, 2.24) is 29.8 Å². The third-order valence-electron chi connectivity index (χ3n) is 5.67. The van der Waals surface area contributed by atoms with Gasteiger partial charge < -0.3 is 5.32 Å². The van der Waals surface area contributed by atoms with Gasteiger partial charge in [-0.15, -0.1) is 5.10 Å². The maximum Gasteiger partial charge on any atom is 0.226 e. The van der Waals surface area contributed by atoms with Gasteiger partial charge in [0.2, 0.25) is 5.95 Å². The monoisotopic (exact) mass is 411 g/mol. The molecule has 0 aliphatic rings. The molecule has 31 heavy (non-hydrogen) atoms. The van der Waals surface area contributed by atoms with Crippen molar-refractivity contribution in [3.8, 4) is 0 Å². The van der Waals surface area contributed by atoms with E-state index in [0.29, 0.717) is 12.5 Å². The predicted molar refractivity (Wildman–Crippen MR) is 122 cm³/mol. The number of aryl methyl sites for hydroxylation is 4. The van der Waals surface area contributed by atoms with Gasteiger partial charge in [0, 0.05) is 24.0 Å². The van der Waals surface area contributed by atoms with E-state index in [4.69, 9.17) is 15.1 Å². The van der Waals surface area contributed by atoms with Gasteiger partial charge in [0.15, 0.2) is 11.5 Å². The number of aromatic amines is 1. The summed E-state index contributed by atoms with van der Waals surface area (Å²) in [6.07, 6.45) is 1.59. The van der Waals surface area contributed by atoms with Gasteiger partial charge in [-0.1, -0.05) is 42.0 Å². The van der Waals surface area contributed by atoms with Gasteiger partial charge >= 0.3 is 0 Å². The van der Waals surface area contributed by atoms with Crippen molar-refractivity contribution in [2.45, 2.75) is 40.2 Å². The molecule has 3 aromatic heterocycles. The molecular weight excluding hydrogens is 386 g/mol. The molecule has 5 rings (SSSR count). The van der Waals surface area contributed by atoms with E-state index >= 15 is 0 Å². The summed E-state index contributed by atoms with van der Waals surface area (Å²) in [5, 5.41) is 16.6. The molecule has 0 aliphatic heterocycles. The van der Waals surface area contributed by atoms with E-state index in [-0.39, 0.29) is 0 Å². The molecule has 0 amide bonds. The lowest BCUT2D eigenvalue weighted by Crippen LogP contribution is -2.08. The van der Waals surface area contributed by atoms with Crippen LogP contribution in [-0.4, -0.2) is 29.8 Å². The van der Waals surface area contributed by atoms with Crippen molar-refractivity contribution in [3.63, 3.8) is 0 Å². The number of nitrogens with zero attached hydrogens (tertiary/aromatic N) is 5. The average Bonchev–Trinajstić information content (AvgIpc) is 3.35. The summed E-state index contributed by atoms with van der Waals surface area (Å²) in [6, 6.07) is 16.6. The number of nitrogens with one attached hydrogen (secondary N) is 2. The molecular formula is C24H25N7. The summed E-state index contributed by atoms with van der Waals surface area (Å²) in [4.78, 5) is 9.69. The van der Waals surface area contributed by atoms with Gasteiger partial charge in [0.1, 0.15) is 0 Å². The van der Waals surface area contributed by atoms with Crippen molar-refractivity contribution in [2.75, 3.05) is 5.32 Å². The third kappa shape index (κ3) is 3.74. The fraction of sp³-hybridized carbons (Fsp3) is 0.250. The molecule has 0 unspecified atom stereocenters. The third-order valence-corrected chi connectivity index (χ3v) is 5.67. The highest BCUT2D eigenvalue weighted by Gasteiger charge is 2.14. The van der Waals surface area contributed by atoms with Crippen LogP contribution in [0.2, 0.25) is 0 Å². The van der Waals surface area contributed by atoms with E-state index in [1.807, 2.05) is 35.7 Å². The Morgan fingerprint density at radius 2 is 1.74 bits per heavy atom. The van der Waals surface area contributed by atoms with Crippen molar-refractivity contribution < 1.29 is 0 Å². The van der Waals surface area contributed by atoms with Gasteiger partial charge in [-0.2, -0.15) is 9.61 Å². The lowest BCUT2D eigenvalue weighted by Gasteiger charge is -2.09. The van der Waals surface area contributed by atoms with Gasteiger partial charge in [-0.05, 0) is 50.5 Å². The van der Waals surface area contributed by atoms with Crippen LogP contribution < -0.4 is 5.32 Å². The molecule has 156 valence electrons. The number of rotatable bonds is 6. The van der Waals surface area contributed by atoms with Crippen LogP contribution >= 0.6 is 0 Å². The summed E-state index contributed by atoms with van der Waals surface area (Å²) in [7, 11) is 0. The van der Waals surface area contributed by atoms with E-state index < -0.39 is 0 Å². The Labute approximate surface area is 180 Å². The number of para-hydroxylation sites is 1. The van der Waals surface area contributed by atoms with Crippen LogP contribution in [0.4, 0.5) is 5.95 Å². The van der Waals surface area contributed by atoms with Gasteiger partial charge in [0.05, 0.1) is 11.2 Å². The van der Waals surface area contributed by atoms with E-state index in [1.165, 1.54) is 16.7 Å². The molecule has 7 heteroatoms. The number of hydrogen-bond donors (Lipinski definition) is 2. The molecule has 7 nitrogen and oxygen atoms in total. The molecule has 0 bridgehead atoms. The second-order valence-corrected chi connectivity index (χ2v) is 7.97. The van der Waals surface area contributed by atoms with Crippen LogP contribution in [0.1, 0.15) is 33.9 Å². The molecule has 3 heterocycles. The smallest absolute Gasteiger partial charge is 0.226 e. The van der Waals surface area contributed by atoms with Crippen molar-refractivity contribution >= 4 is 22.5 Å². The van der Waals surface area contributed by atoms with E-state index in [9.17, 15) is 0 Å². The fourth-order valence-electron chi connectivity index (χ4n) is 3.89. The molecule has 0 radical (unpaired) electrons. The minimum Gasteiger partial charge on any atom is -0.350 e. The molecule has 5 aromatic rings. The van der Waals surface area contributed by atoms with Crippen LogP contribution in [0.25, 0.3) is 16.6 Å². The first-order valence-corrected chi connectivity index (χ1v) is 10.5. The molecule has 0 spiro atoms. The number of fused-ring (bicyclic) bond motifs is 3.